The van der Waals surface area contributed by atoms with Gasteiger partial charge in [-0.05, 0) is 49.6 Å². The molecule has 0 saturated carbocycles. The van der Waals surface area contributed by atoms with Crippen LogP contribution in [0.4, 0.5) is 4.39 Å². The smallest absolute Gasteiger partial charge is 0.123 e. The molecule has 0 spiro atoms. The molecule has 0 amide bonds. The van der Waals surface area contributed by atoms with Crippen LogP contribution in [0.1, 0.15) is 24.0 Å². The molecule has 2 nitrogen and oxygen atoms in total. The van der Waals surface area contributed by atoms with E-state index in [2.05, 4.69) is 4.90 Å². The van der Waals surface area contributed by atoms with Crippen molar-refractivity contribution in [1.82, 2.24) is 4.90 Å². The zero-order valence-corrected chi connectivity index (χ0v) is 9.75. The molecule has 16 heavy (non-hydrogen) atoms. The van der Waals surface area contributed by atoms with Gasteiger partial charge in [-0.15, -0.1) is 0 Å². The Kier molecular flexibility index (Phi) is 3.56. The summed E-state index contributed by atoms with van der Waals surface area (Å²) in [6.07, 6.45) is 2.38. The highest BCUT2D eigenvalue weighted by Crippen LogP contribution is 2.21. The second-order valence-corrected chi connectivity index (χ2v) is 4.57. The molecule has 0 aromatic heterocycles. The highest BCUT2D eigenvalue weighted by Gasteiger charge is 2.23. The van der Waals surface area contributed by atoms with E-state index in [9.17, 15) is 4.39 Å². The zero-order valence-electron chi connectivity index (χ0n) is 9.75. The van der Waals surface area contributed by atoms with Gasteiger partial charge in [-0.3, -0.25) is 4.90 Å². The summed E-state index contributed by atoms with van der Waals surface area (Å²) in [5.41, 5.74) is 7.97. The third-order valence-electron chi connectivity index (χ3n) is 3.46. The lowest BCUT2D eigenvalue weighted by Crippen LogP contribution is -2.35. The molecule has 1 aromatic carbocycles. The molecule has 1 unspecified atom stereocenters. The second kappa shape index (κ2) is 4.93. The highest BCUT2D eigenvalue weighted by atomic mass is 19.1. The minimum absolute atomic E-state index is 0.149. The summed E-state index contributed by atoms with van der Waals surface area (Å²) in [4.78, 5) is 2.36. The van der Waals surface area contributed by atoms with Crippen LogP contribution in [-0.4, -0.2) is 24.0 Å². The van der Waals surface area contributed by atoms with Crippen molar-refractivity contribution >= 4 is 0 Å². The Labute approximate surface area is 96.2 Å². The van der Waals surface area contributed by atoms with Crippen LogP contribution in [0.15, 0.2) is 18.2 Å². The predicted octanol–water partition coefficient (Wildman–Crippen LogP) is 2.06. The molecule has 3 heteroatoms. The maximum absolute atomic E-state index is 13.2. The average molecular weight is 222 g/mol. The van der Waals surface area contributed by atoms with Crippen molar-refractivity contribution in [3.8, 4) is 0 Å². The normalized spacial score (nSPS) is 21.6. The van der Waals surface area contributed by atoms with Crippen LogP contribution in [0.2, 0.25) is 0 Å². The molecular weight excluding hydrogens is 203 g/mol. The number of nitrogens with zero attached hydrogens (tertiary/aromatic N) is 1. The van der Waals surface area contributed by atoms with Crippen LogP contribution in [0.3, 0.4) is 0 Å². The van der Waals surface area contributed by atoms with E-state index in [1.807, 2.05) is 13.0 Å². The molecule has 1 aliphatic rings. The number of halogens is 1. The standard InChI is InChI=1S/C13H19FN2/c1-10-4-5-12(14)7-11(10)9-16-6-2-3-13(16)8-15/h4-5,7,13H,2-3,6,8-9,15H2,1H3. The van der Waals surface area contributed by atoms with Crippen molar-refractivity contribution in [2.45, 2.75) is 32.4 Å². The van der Waals surface area contributed by atoms with Gasteiger partial charge in [-0.25, -0.2) is 4.39 Å². The predicted molar refractivity (Wildman–Crippen MR) is 63.6 cm³/mol. The van der Waals surface area contributed by atoms with E-state index in [4.69, 9.17) is 5.73 Å². The number of benzene rings is 1. The summed E-state index contributed by atoms with van der Waals surface area (Å²) >= 11 is 0. The van der Waals surface area contributed by atoms with E-state index in [0.717, 1.165) is 24.2 Å². The Balaban J connectivity index is 2.11. The summed E-state index contributed by atoms with van der Waals surface area (Å²) in [7, 11) is 0. The summed E-state index contributed by atoms with van der Waals surface area (Å²) in [6.45, 7) is 4.64. The number of aryl methyl sites for hydroxylation is 1. The zero-order chi connectivity index (χ0) is 11.5. The van der Waals surface area contributed by atoms with Gasteiger partial charge in [0.05, 0.1) is 0 Å². The van der Waals surface area contributed by atoms with Gasteiger partial charge in [0.1, 0.15) is 5.82 Å². The second-order valence-electron chi connectivity index (χ2n) is 4.57. The molecular formula is C13H19FN2. The molecule has 2 rings (SSSR count). The molecule has 1 heterocycles. The third-order valence-corrected chi connectivity index (χ3v) is 3.46. The van der Waals surface area contributed by atoms with Crippen LogP contribution >= 0.6 is 0 Å². The first kappa shape index (κ1) is 11.6. The van der Waals surface area contributed by atoms with Gasteiger partial charge in [0.15, 0.2) is 0 Å². The van der Waals surface area contributed by atoms with E-state index in [1.54, 1.807) is 6.07 Å². The van der Waals surface area contributed by atoms with E-state index in [-0.39, 0.29) is 5.82 Å². The number of likely N-dealkylation sites (tertiary alicyclic amines) is 1. The van der Waals surface area contributed by atoms with Crippen molar-refractivity contribution in [2.75, 3.05) is 13.1 Å². The van der Waals surface area contributed by atoms with Crippen molar-refractivity contribution < 1.29 is 4.39 Å². The summed E-state index contributed by atoms with van der Waals surface area (Å²) in [5, 5.41) is 0. The van der Waals surface area contributed by atoms with Crippen molar-refractivity contribution in [1.29, 1.82) is 0 Å². The molecule has 0 radical (unpaired) electrons. The maximum Gasteiger partial charge on any atom is 0.123 e. The van der Waals surface area contributed by atoms with Gasteiger partial charge in [-0.1, -0.05) is 6.07 Å². The topological polar surface area (TPSA) is 29.3 Å². The molecule has 1 atom stereocenters. The molecule has 2 N–H and O–H groups in total. The Morgan fingerprint density at radius 2 is 2.31 bits per heavy atom. The Hall–Kier alpha value is -0.930. The number of hydrogen-bond donors (Lipinski definition) is 1. The molecule has 1 fully saturated rings. The Bertz CT molecular complexity index is 365. The van der Waals surface area contributed by atoms with Gasteiger partial charge in [0.2, 0.25) is 0 Å². The summed E-state index contributed by atoms with van der Waals surface area (Å²) < 4.78 is 13.2. The number of nitrogens with two attached hydrogens (primary N) is 1. The van der Waals surface area contributed by atoms with Crippen LogP contribution in [-0.2, 0) is 6.54 Å². The monoisotopic (exact) mass is 222 g/mol. The minimum Gasteiger partial charge on any atom is -0.329 e. The van der Waals surface area contributed by atoms with Crippen LogP contribution in [0, 0.1) is 12.7 Å². The van der Waals surface area contributed by atoms with Crippen molar-refractivity contribution in [3.05, 3.63) is 35.1 Å². The SMILES string of the molecule is Cc1ccc(F)cc1CN1CCCC1CN. The van der Waals surface area contributed by atoms with Gasteiger partial charge in [-0.2, -0.15) is 0 Å². The van der Waals surface area contributed by atoms with E-state index in [1.165, 1.54) is 18.9 Å². The van der Waals surface area contributed by atoms with E-state index >= 15 is 0 Å². The van der Waals surface area contributed by atoms with Gasteiger partial charge < -0.3 is 5.73 Å². The molecule has 1 saturated heterocycles. The highest BCUT2D eigenvalue weighted by molar-refractivity contribution is 5.26. The molecule has 0 aliphatic carbocycles. The quantitative estimate of drug-likeness (QED) is 0.848. The first-order chi connectivity index (χ1) is 7.70. The fourth-order valence-corrected chi connectivity index (χ4v) is 2.40. The minimum atomic E-state index is -0.149. The van der Waals surface area contributed by atoms with Gasteiger partial charge in [0, 0.05) is 19.1 Å². The fourth-order valence-electron chi connectivity index (χ4n) is 2.40. The molecule has 1 aliphatic heterocycles. The van der Waals surface area contributed by atoms with Crippen LogP contribution in [0.5, 0.6) is 0 Å². The molecule has 88 valence electrons. The summed E-state index contributed by atoms with van der Waals surface area (Å²) in [5.74, 6) is -0.149. The lowest BCUT2D eigenvalue weighted by atomic mass is 10.1. The average Bonchev–Trinajstić information content (AvgIpc) is 2.71. The maximum atomic E-state index is 13.2. The van der Waals surface area contributed by atoms with E-state index in [0.29, 0.717) is 12.6 Å². The Morgan fingerprint density at radius 1 is 1.50 bits per heavy atom. The van der Waals surface area contributed by atoms with Crippen molar-refractivity contribution in [3.63, 3.8) is 0 Å². The van der Waals surface area contributed by atoms with Crippen LogP contribution < -0.4 is 5.73 Å². The number of hydrogen-bond acceptors (Lipinski definition) is 2. The van der Waals surface area contributed by atoms with Gasteiger partial charge in [0.25, 0.3) is 0 Å². The molecule has 1 aromatic rings. The lowest BCUT2D eigenvalue weighted by Gasteiger charge is -2.23. The van der Waals surface area contributed by atoms with Crippen LogP contribution in [0.25, 0.3) is 0 Å². The first-order valence-electron chi connectivity index (χ1n) is 5.90. The van der Waals surface area contributed by atoms with Crippen molar-refractivity contribution in [2.24, 2.45) is 5.73 Å². The fraction of sp³-hybridized carbons (Fsp3) is 0.538. The third kappa shape index (κ3) is 2.42. The first-order valence-corrected chi connectivity index (χ1v) is 5.90. The largest absolute Gasteiger partial charge is 0.329 e. The lowest BCUT2D eigenvalue weighted by molar-refractivity contribution is 0.249. The van der Waals surface area contributed by atoms with Gasteiger partial charge >= 0.3 is 0 Å². The van der Waals surface area contributed by atoms with E-state index < -0.39 is 0 Å². The summed E-state index contributed by atoms with van der Waals surface area (Å²) in [6, 6.07) is 5.48. The Morgan fingerprint density at radius 3 is 3.06 bits per heavy atom. The molecule has 0 bridgehead atoms. The number of rotatable bonds is 3.